The number of aliphatic hydroxyl groups excluding tert-OH is 2. The number of aromatic nitrogens is 2. The number of methoxy groups -OCH3 is 2. The predicted molar refractivity (Wildman–Crippen MR) is 212 cm³/mol. The second kappa shape index (κ2) is 23.5. The Bertz CT molecular complexity index is 1590. The third-order valence-electron chi connectivity index (χ3n) is 12.6. The first-order chi connectivity index (χ1) is 27.0. The fourth-order valence-electron chi connectivity index (χ4n) is 8.95. The topological polar surface area (TPSA) is 187 Å². The van der Waals surface area contributed by atoms with E-state index in [0.29, 0.717) is 12.0 Å². The van der Waals surface area contributed by atoms with Crippen molar-refractivity contribution in [3.8, 4) is 0 Å². The van der Waals surface area contributed by atoms with Gasteiger partial charge < -0.3 is 53.0 Å². The molecule has 4 rings (SSSR count). The van der Waals surface area contributed by atoms with E-state index >= 15 is 0 Å². The summed E-state index contributed by atoms with van der Waals surface area (Å²) in [6.07, 6.45) is -2.12. The third-order valence-corrected chi connectivity index (χ3v) is 12.6. The average Bonchev–Trinajstić information content (AvgIpc) is 3.72. The minimum absolute atomic E-state index is 0. The zero-order chi connectivity index (χ0) is 43.5. The van der Waals surface area contributed by atoms with Gasteiger partial charge in [0.25, 0.3) is 0 Å². The van der Waals surface area contributed by atoms with E-state index in [1.165, 1.54) is 39.0 Å². The molecule has 3 aliphatic heterocycles. The van der Waals surface area contributed by atoms with Gasteiger partial charge in [-0.05, 0) is 93.5 Å². The fraction of sp³-hybridized carbons (Fsp3) is 0.810. The number of imidazole rings is 1. The van der Waals surface area contributed by atoms with Crippen LogP contribution in [0.3, 0.4) is 0 Å². The first-order valence-corrected chi connectivity index (χ1v) is 20.4. The summed E-state index contributed by atoms with van der Waals surface area (Å²) in [4.78, 5) is 48.2. The molecule has 60 heavy (non-hydrogen) atoms. The number of nitrogens with zero attached hydrogens (tertiary/aromatic N) is 3. The molecule has 2 saturated heterocycles. The minimum atomic E-state index is -1.60. The predicted octanol–water partition coefficient (Wildman–Crippen LogP) is 4.28. The molecule has 2 fully saturated rings. The van der Waals surface area contributed by atoms with E-state index in [1.807, 2.05) is 39.8 Å². The second-order valence-corrected chi connectivity index (χ2v) is 17.5. The van der Waals surface area contributed by atoms with Crippen LogP contribution < -0.4 is 0 Å². The smallest absolute Gasteiger partial charge is 0.420 e. The van der Waals surface area contributed by atoms with E-state index in [2.05, 4.69) is 4.98 Å². The van der Waals surface area contributed by atoms with Crippen molar-refractivity contribution in [2.75, 3.05) is 28.3 Å². The average molecular weight is 1280 g/mol. The van der Waals surface area contributed by atoms with Crippen molar-refractivity contribution < 1.29 is 151 Å². The summed E-state index contributed by atoms with van der Waals surface area (Å²) in [6, 6.07) is -0.288. The molecule has 0 aromatic carbocycles. The summed E-state index contributed by atoms with van der Waals surface area (Å²) in [6.45, 7) is 17.6. The summed E-state index contributed by atoms with van der Waals surface area (Å²) in [5, 5.41) is 22.7. The van der Waals surface area contributed by atoms with E-state index < -0.39 is 95.8 Å². The van der Waals surface area contributed by atoms with E-state index in [1.54, 1.807) is 48.5 Å². The van der Waals surface area contributed by atoms with Crippen LogP contribution in [0.4, 0.5) is 4.79 Å². The van der Waals surface area contributed by atoms with Crippen LogP contribution in [0.15, 0.2) is 30.4 Å². The van der Waals surface area contributed by atoms with Gasteiger partial charge in [0.2, 0.25) is 0 Å². The molecule has 0 bridgehead atoms. The molecule has 15 unspecified atom stereocenters. The molecule has 18 heteroatoms. The van der Waals surface area contributed by atoms with E-state index in [9.17, 15) is 24.6 Å². The molecule has 16 atom stereocenters. The van der Waals surface area contributed by atoms with Crippen molar-refractivity contribution in [3.05, 3.63) is 30.4 Å². The molecule has 0 amide bonds. The molecule has 0 aliphatic carbocycles. The van der Waals surface area contributed by atoms with Crippen LogP contribution in [0.25, 0.3) is 0 Å². The normalized spacial score (nSPS) is 41.8. The summed E-state index contributed by atoms with van der Waals surface area (Å²) < 4.78 is 51.8. The zero-order valence-corrected chi connectivity index (χ0v) is 47.5. The van der Waals surface area contributed by atoms with Gasteiger partial charge in [-0.2, -0.15) is 0 Å². The number of aliphatic hydroxyl groups is 2. The molecule has 0 saturated carbocycles. The number of hydrogen-bond donors (Lipinski definition) is 2. The molecule has 16 nitrogen and oxygen atoms in total. The summed E-state index contributed by atoms with van der Waals surface area (Å²) in [5.41, 5.74) is -3.60. The molecule has 0 spiro atoms. The molecule has 2 radical (unpaired) electrons. The Labute approximate surface area is 427 Å². The number of likely N-dealkylation sites (N-methyl/N-ethyl adjacent to an activating group) is 1. The molecule has 2 N–H and O–H groups in total. The molecule has 336 valence electrons. The van der Waals surface area contributed by atoms with Crippen molar-refractivity contribution in [3.63, 3.8) is 0 Å². The van der Waals surface area contributed by atoms with Gasteiger partial charge >= 0.3 is 12.1 Å². The Morgan fingerprint density at radius 1 is 0.983 bits per heavy atom. The molecule has 1 aromatic rings. The standard InChI is InChI=1S/C42H69N3O13.2Ac/c1-15-30-40(8,58-39(50)45-17-16-43-22-45)19-23(2)32(46)24(3)20-42(10,52-14)36(57-38-33(47)29(44(11)12)18-25(4)53-38)26(5)34(27(6)37(49)55-30)56-31-21-41(9,51-13)35(48)28(7)54-31;;/h16-17,19,22,24-31,33-36,38,47-48H,15,18,20-21H2,1-14H3;;/b23-19+;;/t24?,25?,26?,27?,28?,29?,30-,31?,33?,34?,35?,36?,38?,40?,41?,42?;;/m1../s1. The van der Waals surface area contributed by atoms with Crippen LogP contribution in [0.1, 0.15) is 94.9 Å². The van der Waals surface area contributed by atoms with Crippen LogP contribution in [0.2, 0.25) is 0 Å². The fourth-order valence-corrected chi connectivity index (χ4v) is 8.95. The number of esters is 1. The van der Waals surface area contributed by atoms with Gasteiger partial charge in [0.05, 0.1) is 41.5 Å². The van der Waals surface area contributed by atoms with Crippen molar-refractivity contribution >= 4 is 17.8 Å². The first kappa shape index (κ1) is 56.2. The van der Waals surface area contributed by atoms with Gasteiger partial charge in [-0.1, -0.05) is 20.8 Å². The van der Waals surface area contributed by atoms with E-state index in [0.717, 1.165) is 4.57 Å². The maximum absolute atomic E-state index is 14.6. The van der Waals surface area contributed by atoms with Crippen molar-refractivity contribution in [2.45, 2.75) is 173 Å². The Hall–Kier alpha value is 0.0831. The third kappa shape index (κ3) is 12.9. The summed E-state index contributed by atoms with van der Waals surface area (Å²) >= 11 is 0. The molecular formula is C42H69Ac2N3O13. The number of Topliss-reactive ketones (excluding diaryl/α,β-unsaturated/α-hetero) is 1. The van der Waals surface area contributed by atoms with Crippen LogP contribution in [0.5, 0.6) is 0 Å². The van der Waals surface area contributed by atoms with Gasteiger partial charge in [0.15, 0.2) is 24.0 Å². The van der Waals surface area contributed by atoms with Crippen molar-refractivity contribution in [1.29, 1.82) is 0 Å². The Morgan fingerprint density at radius 3 is 2.17 bits per heavy atom. The van der Waals surface area contributed by atoms with Gasteiger partial charge in [0, 0.05) is 139 Å². The number of ether oxygens (including phenoxy) is 8. The zero-order valence-electron chi connectivity index (χ0n) is 38.0. The van der Waals surface area contributed by atoms with Crippen LogP contribution in [0, 0.1) is 106 Å². The second-order valence-electron chi connectivity index (χ2n) is 17.5. The summed E-state index contributed by atoms with van der Waals surface area (Å²) in [7, 11) is 6.80. The molecular weight excluding hydrogens is 1210 g/mol. The number of ketones is 1. The number of carbonyl (C=O) groups excluding carboxylic acids is 3. The maximum Gasteiger partial charge on any atom is 0.420 e. The molecule has 3 aliphatic rings. The Balaban J connectivity index is 0.00000620. The monoisotopic (exact) mass is 1280 g/mol. The molecule has 1 aromatic heterocycles. The maximum atomic E-state index is 14.6. The number of cyclic esters (lactones) is 1. The number of carbonyl (C=O) groups is 3. The quantitative estimate of drug-likeness (QED) is 0.334. The minimum Gasteiger partial charge on any atom is -0.457 e. The van der Waals surface area contributed by atoms with Gasteiger partial charge in [0.1, 0.15) is 24.6 Å². The number of hydrogen-bond acceptors (Lipinski definition) is 15. The number of allylic oxidation sites excluding steroid dienone is 1. The Kier molecular flexibility index (Phi) is 22.0. The van der Waals surface area contributed by atoms with Gasteiger partial charge in [-0.3, -0.25) is 9.59 Å². The van der Waals surface area contributed by atoms with E-state index in [-0.39, 0.29) is 125 Å². The largest absolute Gasteiger partial charge is 0.457 e. The molecule has 4 heterocycles. The SMILES string of the molecule is CC[C@H]1OC(=O)C(C)C(OC2CC(C)(OC)C(O)C(C)O2)C(C)C(OC2OC(C)CC(N(C)C)C2O)C(C)(OC)CC(C)C(=O)/C(C)=C/C1(C)OC(=O)n1ccnc1.[Ac].[Ac]. The van der Waals surface area contributed by atoms with Crippen molar-refractivity contribution in [2.24, 2.45) is 17.8 Å². The van der Waals surface area contributed by atoms with E-state index in [4.69, 9.17) is 37.9 Å². The number of rotatable bonds is 9. The van der Waals surface area contributed by atoms with Crippen LogP contribution in [-0.4, -0.2) is 149 Å². The Morgan fingerprint density at radius 2 is 1.62 bits per heavy atom. The van der Waals surface area contributed by atoms with Crippen LogP contribution in [-0.2, 0) is 47.5 Å². The van der Waals surface area contributed by atoms with Gasteiger partial charge in [-0.15, -0.1) is 0 Å². The van der Waals surface area contributed by atoms with Crippen molar-refractivity contribution in [1.82, 2.24) is 14.5 Å². The van der Waals surface area contributed by atoms with Gasteiger partial charge in [-0.25, -0.2) is 14.3 Å². The van der Waals surface area contributed by atoms with Crippen LogP contribution >= 0.6 is 0 Å². The first-order valence-electron chi connectivity index (χ1n) is 20.4. The summed E-state index contributed by atoms with van der Waals surface area (Å²) in [5.74, 6) is -3.33.